The maximum atomic E-state index is 14.2. The summed E-state index contributed by atoms with van der Waals surface area (Å²) in [5.41, 5.74) is 0.367. The number of anilines is 1. The van der Waals surface area contributed by atoms with Crippen LogP contribution in [0.25, 0.3) is 11.0 Å². The lowest BCUT2D eigenvalue weighted by Gasteiger charge is -2.10. The molecule has 0 bridgehead atoms. The van der Waals surface area contributed by atoms with Crippen molar-refractivity contribution in [3.05, 3.63) is 41.1 Å². The van der Waals surface area contributed by atoms with E-state index < -0.39 is 11.6 Å². The minimum atomic E-state index is -0.976. The molecule has 0 radical (unpaired) electrons. The molecule has 0 fully saturated rings. The largest absolute Gasteiger partial charge is 0.494 e. The second-order valence-corrected chi connectivity index (χ2v) is 5.42. The number of benzene rings is 1. The van der Waals surface area contributed by atoms with Crippen molar-refractivity contribution in [3.63, 3.8) is 0 Å². The summed E-state index contributed by atoms with van der Waals surface area (Å²) in [7, 11) is 1.39. The number of nitrogens with zero attached hydrogens (tertiary/aromatic N) is 4. The molecule has 0 amide bonds. The van der Waals surface area contributed by atoms with E-state index in [1.165, 1.54) is 13.4 Å². The van der Waals surface area contributed by atoms with Crippen LogP contribution in [0.4, 0.5) is 14.6 Å². The van der Waals surface area contributed by atoms with E-state index in [-0.39, 0.29) is 11.3 Å². The van der Waals surface area contributed by atoms with Gasteiger partial charge in [0.25, 0.3) is 0 Å². The summed E-state index contributed by atoms with van der Waals surface area (Å²) < 4.78 is 34.7. The van der Waals surface area contributed by atoms with E-state index in [1.54, 1.807) is 17.6 Å². The highest BCUT2D eigenvalue weighted by Crippen LogP contribution is 2.30. The van der Waals surface area contributed by atoms with Crippen LogP contribution >= 0.6 is 11.6 Å². The number of aromatic nitrogens is 4. The molecular weight excluding hydrogens is 340 g/mol. The Morgan fingerprint density at radius 1 is 1.29 bits per heavy atom. The van der Waals surface area contributed by atoms with Crippen molar-refractivity contribution < 1.29 is 13.5 Å². The third-order valence-corrected chi connectivity index (χ3v) is 3.77. The number of nitrogens with one attached hydrogen (secondary N) is 1. The lowest BCUT2D eigenvalue weighted by Crippen LogP contribution is -2.13. The van der Waals surface area contributed by atoms with Gasteiger partial charge in [-0.3, -0.25) is 0 Å². The second kappa shape index (κ2) is 6.56. The number of aryl methyl sites for hydroxylation is 1. The quantitative estimate of drug-likeness (QED) is 0.714. The summed E-state index contributed by atoms with van der Waals surface area (Å²) >= 11 is 5.79. The van der Waals surface area contributed by atoms with Gasteiger partial charge in [0.2, 0.25) is 0 Å². The fourth-order valence-electron chi connectivity index (χ4n) is 2.47. The molecule has 3 aromatic rings. The lowest BCUT2D eigenvalue weighted by atomic mass is 10.2. The van der Waals surface area contributed by atoms with Crippen LogP contribution in [0.2, 0.25) is 5.15 Å². The molecule has 2 heterocycles. The van der Waals surface area contributed by atoms with E-state index in [1.807, 2.05) is 0 Å². The number of halogens is 3. The van der Waals surface area contributed by atoms with Gasteiger partial charge in [0.15, 0.2) is 11.6 Å². The molecule has 0 atom stereocenters. The number of rotatable bonds is 5. The molecular formula is C15H14ClF2N5O. The highest BCUT2D eigenvalue weighted by Gasteiger charge is 2.20. The first-order valence-corrected chi connectivity index (χ1v) is 7.49. The highest BCUT2D eigenvalue weighted by atomic mass is 35.5. The van der Waals surface area contributed by atoms with E-state index in [0.29, 0.717) is 35.4 Å². The Balaban J connectivity index is 1.89. The third-order valence-electron chi connectivity index (χ3n) is 3.56. The smallest absolute Gasteiger partial charge is 0.184 e. The summed E-state index contributed by atoms with van der Waals surface area (Å²) in [5, 5.41) is 3.36. The molecule has 1 N–H and O–H groups in total. The fourth-order valence-corrected chi connectivity index (χ4v) is 2.62. The topological polar surface area (TPSA) is 64.9 Å². The normalized spacial score (nSPS) is 11.0. The first kappa shape index (κ1) is 16.4. The summed E-state index contributed by atoms with van der Waals surface area (Å²) in [6.07, 6.45) is 1.34. The van der Waals surface area contributed by atoms with Crippen LogP contribution in [-0.4, -0.2) is 33.2 Å². The van der Waals surface area contributed by atoms with Crippen LogP contribution in [0, 0.1) is 18.6 Å². The van der Waals surface area contributed by atoms with Gasteiger partial charge >= 0.3 is 0 Å². The van der Waals surface area contributed by atoms with Gasteiger partial charge in [-0.05, 0) is 6.92 Å². The Hall–Kier alpha value is -2.48. The number of methoxy groups -OCH3 is 1. The second-order valence-electron chi connectivity index (χ2n) is 5.04. The Bertz CT molecular complexity index is 899. The zero-order chi connectivity index (χ0) is 17.3. The van der Waals surface area contributed by atoms with Crippen LogP contribution in [0.3, 0.4) is 0 Å². The van der Waals surface area contributed by atoms with Crippen LogP contribution in [-0.2, 0) is 6.54 Å². The average molecular weight is 354 g/mol. The zero-order valence-corrected chi connectivity index (χ0v) is 13.7. The van der Waals surface area contributed by atoms with Crippen LogP contribution in [0.1, 0.15) is 5.82 Å². The minimum absolute atomic E-state index is 0.0758. The van der Waals surface area contributed by atoms with Gasteiger partial charge < -0.3 is 14.6 Å². The molecule has 6 nitrogen and oxygen atoms in total. The van der Waals surface area contributed by atoms with Crippen molar-refractivity contribution in [2.24, 2.45) is 0 Å². The van der Waals surface area contributed by atoms with E-state index in [2.05, 4.69) is 20.3 Å². The summed E-state index contributed by atoms with van der Waals surface area (Å²) in [6, 6.07) is 2.57. The van der Waals surface area contributed by atoms with Gasteiger partial charge in [-0.25, -0.2) is 23.7 Å². The van der Waals surface area contributed by atoms with Gasteiger partial charge in [-0.15, -0.1) is 0 Å². The summed E-state index contributed by atoms with van der Waals surface area (Å²) in [5.74, 6) is -0.634. The molecule has 24 heavy (non-hydrogen) atoms. The SMILES string of the molecule is COc1cc(F)c(F)c2c1nc(C)n2CCNc1cc(Cl)ncn1. The van der Waals surface area contributed by atoms with Crippen LogP contribution in [0.5, 0.6) is 5.75 Å². The molecule has 0 spiro atoms. The van der Waals surface area contributed by atoms with E-state index in [0.717, 1.165) is 6.07 Å². The summed E-state index contributed by atoms with van der Waals surface area (Å²) in [4.78, 5) is 12.1. The molecule has 0 saturated heterocycles. The van der Waals surface area contributed by atoms with Crippen LogP contribution in [0.15, 0.2) is 18.5 Å². The van der Waals surface area contributed by atoms with E-state index in [9.17, 15) is 8.78 Å². The Kier molecular flexibility index (Phi) is 4.48. The molecule has 0 aliphatic carbocycles. The zero-order valence-electron chi connectivity index (χ0n) is 13.0. The Morgan fingerprint density at radius 2 is 2.08 bits per heavy atom. The number of hydrogen-bond donors (Lipinski definition) is 1. The first-order valence-electron chi connectivity index (χ1n) is 7.11. The monoisotopic (exact) mass is 353 g/mol. The number of fused-ring (bicyclic) bond motifs is 1. The number of hydrogen-bond acceptors (Lipinski definition) is 5. The van der Waals surface area contributed by atoms with Gasteiger partial charge in [0.05, 0.1) is 7.11 Å². The first-order chi connectivity index (χ1) is 11.5. The third kappa shape index (κ3) is 2.96. The van der Waals surface area contributed by atoms with Gasteiger partial charge in [-0.1, -0.05) is 11.6 Å². The van der Waals surface area contributed by atoms with Gasteiger partial charge in [-0.2, -0.15) is 0 Å². The van der Waals surface area contributed by atoms with Gasteiger partial charge in [0, 0.05) is 25.2 Å². The Labute approximate surface area is 141 Å². The molecule has 3 rings (SSSR count). The van der Waals surface area contributed by atoms with E-state index >= 15 is 0 Å². The van der Waals surface area contributed by atoms with Crippen molar-refractivity contribution >= 4 is 28.5 Å². The predicted molar refractivity (Wildman–Crippen MR) is 86.5 cm³/mol. The van der Waals surface area contributed by atoms with Crippen molar-refractivity contribution in [2.75, 3.05) is 19.0 Å². The van der Waals surface area contributed by atoms with E-state index in [4.69, 9.17) is 16.3 Å². The molecule has 126 valence electrons. The van der Waals surface area contributed by atoms with Gasteiger partial charge in [0.1, 0.15) is 39.9 Å². The fraction of sp³-hybridized carbons (Fsp3) is 0.267. The standard InChI is InChI=1S/C15H14ClF2N5O/c1-8-22-14-10(24-2)5-9(17)13(18)15(14)23(8)4-3-19-12-6-11(16)20-7-21-12/h5-7H,3-4H2,1-2H3,(H,19,20,21). The summed E-state index contributed by atoms with van der Waals surface area (Å²) in [6.45, 7) is 2.49. The maximum Gasteiger partial charge on any atom is 0.184 e. The molecule has 2 aromatic heterocycles. The van der Waals surface area contributed by atoms with Crippen molar-refractivity contribution in [1.82, 2.24) is 19.5 Å². The molecule has 0 unspecified atom stereocenters. The molecule has 0 aliphatic heterocycles. The highest BCUT2D eigenvalue weighted by molar-refractivity contribution is 6.29. The lowest BCUT2D eigenvalue weighted by molar-refractivity contribution is 0.412. The van der Waals surface area contributed by atoms with Crippen molar-refractivity contribution in [2.45, 2.75) is 13.5 Å². The Morgan fingerprint density at radius 3 is 2.79 bits per heavy atom. The van der Waals surface area contributed by atoms with Crippen molar-refractivity contribution in [3.8, 4) is 5.75 Å². The average Bonchev–Trinajstić information content (AvgIpc) is 2.88. The molecule has 1 aromatic carbocycles. The number of imidazole rings is 1. The molecule has 0 aliphatic rings. The van der Waals surface area contributed by atoms with Crippen molar-refractivity contribution in [1.29, 1.82) is 0 Å². The maximum absolute atomic E-state index is 14.2. The van der Waals surface area contributed by atoms with Crippen LogP contribution < -0.4 is 10.1 Å². The molecule has 9 heteroatoms. The molecule has 0 saturated carbocycles. The number of ether oxygens (including phenoxy) is 1. The minimum Gasteiger partial charge on any atom is -0.494 e. The predicted octanol–water partition coefficient (Wildman–Crippen LogP) is 3.19.